The highest BCUT2D eigenvalue weighted by molar-refractivity contribution is 5.92. The largest absolute Gasteiger partial charge is 0.335 e. The lowest BCUT2D eigenvalue weighted by Crippen LogP contribution is -2.40. The molecule has 1 saturated heterocycles. The second kappa shape index (κ2) is 6.00. The van der Waals surface area contributed by atoms with Crippen LogP contribution in [-0.2, 0) is 5.54 Å². The van der Waals surface area contributed by atoms with Crippen molar-refractivity contribution in [2.75, 3.05) is 13.1 Å². The average molecular weight is 341 g/mol. The first kappa shape index (κ1) is 16.4. The van der Waals surface area contributed by atoms with E-state index in [0.29, 0.717) is 17.7 Å². The Bertz CT molecular complexity index is 751. The number of carbonyl (C=O) groups is 1. The van der Waals surface area contributed by atoms with E-state index in [4.69, 9.17) is 5.10 Å². The van der Waals surface area contributed by atoms with Crippen molar-refractivity contribution in [3.8, 4) is 0 Å². The van der Waals surface area contributed by atoms with E-state index in [2.05, 4.69) is 35.0 Å². The second-order valence-electron chi connectivity index (χ2n) is 8.37. The molecule has 0 N–H and O–H groups in total. The quantitative estimate of drug-likeness (QED) is 0.861. The molecule has 1 aliphatic heterocycles. The summed E-state index contributed by atoms with van der Waals surface area (Å²) in [7, 11) is 0. The molecule has 0 bridgehead atoms. The van der Waals surface area contributed by atoms with Gasteiger partial charge in [0, 0.05) is 37.1 Å². The lowest BCUT2D eigenvalue weighted by molar-refractivity contribution is 0.0671. The molecule has 1 saturated carbocycles. The number of imidazole rings is 1. The highest BCUT2D eigenvalue weighted by atomic mass is 16.2. The summed E-state index contributed by atoms with van der Waals surface area (Å²) >= 11 is 0. The van der Waals surface area contributed by atoms with Crippen LogP contribution in [0.3, 0.4) is 0 Å². The molecule has 2 aromatic rings. The molecular formula is C19H27N5O. The van der Waals surface area contributed by atoms with Gasteiger partial charge in [-0.3, -0.25) is 9.48 Å². The molecule has 1 unspecified atom stereocenters. The minimum Gasteiger partial charge on any atom is -0.335 e. The van der Waals surface area contributed by atoms with Crippen LogP contribution in [0.2, 0.25) is 0 Å². The molecule has 2 aromatic heterocycles. The smallest absolute Gasteiger partial charge is 0.274 e. The van der Waals surface area contributed by atoms with E-state index < -0.39 is 0 Å². The van der Waals surface area contributed by atoms with Crippen LogP contribution < -0.4 is 0 Å². The number of nitrogens with zero attached hydrogens (tertiary/aromatic N) is 5. The summed E-state index contributed by atoms with van der Waals surface area (Å²) in [6.45, 7) is 7.99. The Kier molecular flexibility index (Phi) is 3.93. The lowest BCUT2D eigenvalue weighted by atomic mass is 10.1. The zero-order valence-corrected chi connectivity index (χ0v) is 15.4. The van der Waals surface area contributed by atoms with Crippen LogP contribution in [0.4, 0.5) is 0 Å². The molecule has 25 heavy (non-hydrogen) atoms. The monoisotopic (exact) mass is 341 g/mol. The topological polar surface area (TPSA) is 56.0 Å². The summed E-state index contributed by atoms with van der Waals surface area (Å²) in [5.74, 6) is 0.642. The van der Waals surface area contributed by atoms with Gasteiger partial charge in [0.2, 0.25) is 0 Å². The van der Waals surface area contributed by atoms with Gasteiger partial charge in [0.15, 0.2) is 5.69 Å². The molecule has 4 rings (SSSR count). The summed E-state index contributed by atoms with van der Waals surface area (Å²) in [6.07, 6.45) is 10.2. The number of likely N-dealkylation sites (tertiary alicyclic amines) is 1. The van der Waals surface area contributed by atoms with E-state index in [-0.39, 0.29) is 11.4 Å². The maximum Gasteiger partial charge on any atom is 0.274 e. The fourth-order valence-electron chi connectivity index (χ4n) is 3.74. The van der Waals surface area contributed by atoms with Gasteiger partial charge in [0.25, 0.3) is 5.91 Å². The van der Waals surface area contributed by atoms with Crippen molar-refractivity contribution in [3.63, 3.8) is 0 Å². The molecule has 1 amide bonds. The summed E-state index contributed by atoms with van der Waals surface area (Å²) in [5.41, 5.74) is 1.72. The fraction of sp³-hybridized carbons (Fsp3) is 0.632. The van der Waals surface area contributed by atoms with Gasteiger partial charge >= 0.3 is 0 Å². The Labute approximate surface area is 148 Å². The SMILES string of the molecule is CC(C)(C)n1nc(C(=O)N2CCCC(n3ccnc3)C2)cc1C1CC1. The molecule has 0 spiro atoms. The van der Waals surface area contributed by atoms with Gasteiger partial charge < -0.3 is 9.47 Å². The number of hydrogen-bond acceptors (Lipinski definition) is 3. The molecule has 0 radical (unpaired) electrons. The van der Waals surface area contributed by atoms with Crippen molar-refractivity contribution in [2.45, 2.75) is 64.0 Å². The van der Waals surface area contributed by atoms with Crippen LogP contribution in [-0.4, -0.2) is 43.2 Å². The van der Waals surface area contributed by atoms with Crippen molar-refractivity contribution in [3.05, 3.63) is 36.2 Å². The molecule has 2 aliphatic rings. The van der Waals surface area contributed by atoms with Gasteiger partial charge in [0.1, 0.15) is 0 Å². The van der Waals surface area contributed by atoms with Crippen LogP contribution in [0.1, 0.15) is 74.6 Å². The van der Waals surface area contributed by atoms with Gasteiger partial charge in [-0.25, -0.2) is 4.98 Å². The standard InChI is InChI=1S/C19H27N5O/c1-19(2,3)24-17(14-6-7-14)11-16(21-24)18(25)22-9-4-5-15(12-22)23-10-8-20-13-23/h8,10-11,13-15H,4-7,9,12H2,1-3H3. The number of piperidine rings is 1. The van der Waals surface area contributed by atoms with E-state index in [1.807, 2.05) is 23.5 Å². The maximum absolute atomic E-state index is 13.1. The van der Waals surface area contributed by atoms with Crippen molar-refractivity contribution in [2.24, 2.45) is 0 Å². The van der Waals surface area contributed by atoms with E-state index in [9.17, 15) is 4.79 Å². The first-order valence-electron chi connectivity index (χ1n) is 9.30. The number of amides is 1. The molecule has 134 valence electrons. The first-order chi connectivity index (χ1) is 11.9. The predicted molar refractivity (Wildman–Crippen MR) is 95.6 cm³/mol. The first-order valence-corrected chi connectivity index (χ1v) is 9.30. The molecule has 1 aliphatic carbocycles. The van der Waals surface area contributed by atoms with Gasteiger partial charge in [-0.15, -0.1) is 0 Å². The summed E-state index contributed by atoms with van der Waals surface area (Å²) in [4.78, 5) is 19.2. The van der Waals surface area contributed by atoms with Crippen molar-refractivity contribution >= 4 is 5.91 Å². The van der Waals surface area contributed by atoms with Gasteiger partial charge in [0.05, 0.1) is 17.9 Å². The van der Waals surface area contributed by atoms with Crippen LogP contribution in [0, 0.1) is 0 Å². The highest BCUT2D eigenvalue weighted by Gasteiger charge is 2.34. The van der Waals surface area contributed by atoms with E-state index >= 15 is 0 Å². The maximum atomic E-state index is 13.1. The summed E-state index contributed by atoms with van der Waals surface area (Å²) < 4.78 is 4.18. The Morgan fingerprint density at radius 2 is 2.04 bits per heavy atom. The van der Waals surface area contributed by atoms with Gasteiger partial charge in [-0.2, -0.15) is 5.10 Å². The summed E-state index contributed by atoms with van der Waals surface area (Å²) in [5, 5.41) is 4.71. The third kappa shape index (κ3) is 3.22. The second-order valence-corrected chi connectivity index (χ2v) is 8.37. The van der Waals surface area contributed by atoms with E-state index in [1.165, 1.54) is 18.5 Å². The number of rotatable bonds is 3. The van der Waals surface area contributed by atoms with Crippen molar-refractivity contribution in [1.82, 2.24) is 24.2 Å². The van der Waals surface area contributed by atoms with Crippen LogP contribution >= 0.6 is 0 Å². The van der Waals surface area contributed by atoms with Crippen LogP contribution in [0.25, 0.3) is 0 Å². The molecule has 0 aromatic carbocycles. The van der Waals surface area contributed by atoms with Gasteiger partial charge in [-0.1, -0.05) is 0 Å². The zero-order chi connectivity index (χ0) is 17.6. The highest BCUT2D eigenvalue weighted by Crippen LogP contribution is 2.42. The third-order valence-corrected chi connectivity index (χ3v) is 5.22. The Hall–Kier alpha value is -2.11. The molecule has 6 heteroatoms. The van der Waals surface area contributed by atoms with E-state index in [1.54, 1.807) is 6.20 Å². The van der Waals surface area contributed by atoms with Gasteiger partial charge in [-0.05, 0) is 52.5 Å². The molecule has 3 heterocycles. The minimum absolute atomic E-state index is 0.0646. The molecule has 1 atom stereocenters. The van der Waals surface area contributed by atoms with Crippen LogP contribution in [0.5, 0.6) is 0 Å². The number of carbonyl (C=O) groups excluding carboxylic acids is 1. The predicted octanol–water partition coefficient (Wildman–Crippen LogP) is 3.19. The Morgan fingerprint density at radius 1 is 1.24 bits per heavy atom. The molecular weight excluding hydrogens is 314 g/mol. The minimum atomic E-state index is -0.0995. The van der Waals surface area contributed by atoms with E-state index in [0.717, 1.165) is 25.9 Å². The molecule has 6 nitrogen and oxygen atoms in total. The number of hydrogen-bond donors (Lipinski definition) is 0. The van der Waals surface area contributed by atoms with Crippen molar-refractivity contribution < 1.29 is 4.79 Å². The fourth-order valence-corrected chi connectivity index (χ4v) is 3.74. The third-order valence-electron chi connectivity index (χ3n) is 5.22. The average Bonchev–Trinajstić information content (AvgIpc) is 3.12. The lowest BCUT2D eigenvalue weighted by Gasteiger charge is -2.33. The Balaban J connectivity index is 1.56. The van der Waals surface area contributed by atoms with Crippen LogP contribution in [0.15, 0.2) is 24.8 Å². The number of aromatic nitrogens is 4. The van der Waals surface area contributed by atoms with Crippen molar-refractivity contribution in [1.29, 1.82) is 0 Å². The Morgan fingerprint density at radius 3 is 2.68 bits per heavy atom. The summed E-state index contributed by atoms with van der Waals surface area (Å²) in [6, 6.07) is 2.35. The normalized spacial score (nSPS) is 21.6. The molecule has 2 fully saturated rings. The zero-order valence-electron chi connectivity index (χ0n) is 15.4.